The third-order valence-corrected chi connectivity index (χ3v) is 23.2. The minimum atomic E-state index is -0.891. The van der Waals surface area contributed by atoms with Crippen molar-refractivity contribution in [1.29, 1.82) is 0 Å². The lowest BCUT2D eigenvalue weighted by Gasteiger charge is -2.40. The summed E-state index contributed by atoms with van der Waals surface area (Å²) in [6.45, 7) is 7.32. The van der Waals surface area contributed by atoms with Crippen LogP contribution in [-0.2, 0) is 9.47 Å². The Hall–Kier alpha value is -7.46. The predicted molar refractivity (Wildman–Crippen MR) is 373 cm³/mol. The molecule has 0 amide bonds. The molecule has 500 valence electrons. The highest BCUT2D eigenvalue weighted by Crippen LogP contribution is 2.56. The minimum Gasteiger partial charge on any atom is -0.390 e. The van der Waals surface area contributed by atoms with Crippen LogP contribution in [0.15, 0.2) is 144 Å². The first kappa shape index (κ1) is 65.8. The summed E-state index contributed by atoms with van der Waals surface area (Å²) in [5, 5.41) is 74.7. The smallest absolute Gasteiger partial charge is 0.143 e. The zero-order chi connectivity index (χ0) is 65.8. The Morgan fingerprint density at radius 1 is 0.490 bits per heavy atom. The van der Waals surface area contributed by atoms with Gasteiger partial charge in [0.15, 0.2) is 0 Å². The Kier molecular flexibility index (Phi) is 17.7. The Morgan fingerprint density at radius 3 is 1.28 bits per heavy atom. The van der Waals surface area contributed by atoms with Crippen LogP contribution in [0, 0.1) is 37.0 Å². The maximum Gasteiger partial charge on any atom is 0.143 e. The number of benzene rings is 3. The van der Waals surface area contributed by atoms with Gasteiger partial charge in [0, 0.05) is 74.4 Å². The van der Waals surface area contributed by atoms with Gasteiger partial charge in [-0.1, -0.05) is 62.0 Å². The second kappa shape index (κ2) is 25.8. The molecule has 0 radical (unpaired) electrons. The summed E-state index contributed by atoms with van der Waals surface area (Å²) in [6.07, 6.45) is 11.0. The number of nitrogens with zero attached hydrogens (tertiary/aromatic N) is 11. The third-order valence-electron chi connectivity index (χ3n) is 21.9. The fourth-order valence-electron chi connectivity index (χ4n) is 16.5. The maximum atomic E-state index is 11.1. The van der Waals surface area contributed by atoms with E-state index < -0.39 is 47.5 Å². The Morgan fingerprint density at radius 2 is 0.885 bits per heavy atom. The number of pyridine rings is 2. The van der Waals surface area contributed by atoms with Gasteiger partial charge < -0.3 is 70.6 Å². The highest BCUT2D eigenvalue weighted by atomic mass is 79.9. The number of hydrogen-bond acceptors (Lipinski definition) is 19. The van der Waals surface area contributed by atoms with Crippen molar-refractivity contribution in [3.05, 3.63) is 177 Å². The van der Waals surface area contributed by atoms with E-state index in [4.69, 9.17) is 20.9 Å². The molecule has 6 fully saturated rings. The third kappa shape index (κ3) is 11.4. The summed E-state index contributed by atoms with van der Waals surface area (Å²) >= 11 is 6.85. The number of aryl methyl sites for hydroxylation is 3. The van der Waals surface area contributed by atoms with Crippen LogP contribution >= 0.6 is 31.9 Å². The van der Waals surface area contributed by atoms with E-state index in [1.165, 1.54) is 5.56 Å². The van der Waals surface area contributed by atoms with Gasteiger partial charge in [-0.25, -0.2) is 39.9 Å². The zero-order valence-electron chi connectivity index (χ0n) is 52.7. The van der Waals surface area contributed by atoms with E-state index in [0.717, 1.165) is 131 Å². The quantitative estimate of drug-likeness (QED) is 0.0747. The van der Waals surface area contributed by atoms with E-state index in [0.29, 0.717) is 44.2 Å². The van der Waals surface area contributed by atoms with Crippen molar-refractivity contribution >= 4 is 98.4 Å². The number of nitrogens with one attached hydrogen (secondary N) is 1. The first-order valence-corrected chi connectivity index (χ1v) is 34.1. The first-order valence-electron chi connectivity index (χ1n) is 32.5. The minimum absolute atomic E-state index is 0. The number of aliphatic hydroxyl groups is 6. The van der Waals surface area contributed by atoms with Gasteiger partial charge in [0.2, 0.25) is 0 Å². The molecule has 0 unspecified atom stereocenters. The van der Waals surface area contributed by atoms with Crippen molar-refractivity contribution in [2.45, 2.75) is 153 Å². The van der Waals surface area contributed by atoms with Gasteiger partial charge in [0.1, 0.15) is 65.9 Å². The Bertz CT molecular complexity index is 4480. The topological polar surface area (TPSA) is 322 Å². The zero-order valence-corrected chi connectivity index (χ0v) is 55.9. The van der Waals surface area contributed by atoms with E-state index in [2.05, 4.69) is 101 Å². The molecule has 11 N–H and O–H groups in total. The highest BCUT2D eigenvalue weighted by molar-refractivity contribution is 9.11. The van der Waals surface area contributed by atoms with E-state index in [1.54, 1.807) is 19.0 Å². The molecule has 3 aliphatic heterocycles. The molecule has 11 aromatic rings. The molecule has 3 saturated heterocycles. The second-order valence-electron chi connectivity index (χ2n) is 27.3. The molecule has 17 rings (SSSR count). The van der Waals surface area contributed by atoms with Gasteiger partial charge in [0.25, 0.3) is 0 Å². The van der Waals surface area contributed by atoms with Crippen molar-refractivity contribution in [1.82, 2.24) is 58.9 Å². The van der Waals surface area contributed by atoms with Crippen molar-refractivity contribution in [3.63, 3.8) is 0 Å². The average molecular weight is 1430 g/mol. The lowest BCUT2D eigenvalue weighted by Crippen LogP contribution is -2.42. The fourth-order valence-corrected chi connectivity index (χ4v) is 17.2. The molecule has 3 aliphatic carbocycles. The lowest BCUT2D eigenvalue weighted by molar-refractivity contribution is -0.120. The van der Waals surface area contributed by atoms with Crippen LogP contribution in [0.4, 0.5) is 11.6 Å². The summed E-state index contributed by atoms with van der Waals surface area (Å²) in [7, 11) is 0. The molecule has 22 nitrogen and oxygen atoms in total. The van der Waals surface area contributed by atoms with Gasteiger partial charge in [-0.3, -0.25) is 0 Å². The monoisotopic (exact) mass is 1430 g/mol. The normalized spacial score (nSPS) is 30.2. The van der Waals surface area contributed by atoms with Crippen LogP contribution < -0.4 is 16.8 Å². The lowest BCUT2D eigenvalue weighted by atomic mass is 9.76. The van der Waals surface area contributed by atoms with Gasteiger partial charge in [-0.2, -0.15) is 0 Å². The number of anilines is 2. The van der Waals surface area contributed by atoms with Gasteiger partial charge in [0.05, 0.1) is 98.9 Å². The van der Waals surface area contributed by atoms with Crippen LogP contribution in [0.2, 0.25) is 0 Å². The fraction of sp³-hybridized carbons (Fsp3) is 0.417. The number of hydrogen-bond donors (Lipinski definition) is 9. The largest absolute Gasteiger partial charge is 0.390 e. The molecule has 24 heteroatoms. The molecule has 15 atom stereocenters. The summed E-state index contributed by atoms with van der Waals surface area (Å²) in [5.74, 6) is 0.917. The van der Waals surface area contributed by atoms with E-state index >= 15 is 0 Å². The van der Waals surface area contributed by atoms with Crippen molar-refractivity contribution in [2.24, 2.45) is 16.2 Å². The van der Waals surface area contributed by atoms with Gasteiger partial charge in [-0.15, -0.1) is 0 Å². The Labute approximate surface area is 571 Å². The van der Waals surface area contributed by atoms with Crippen LogP contribution in [0.3, 0.4) is 0 Å². The van der Waals surface area contributed by atoms with Crippen LogP contribution in [0.1, 0.15) is 129 Å². The molecule has 11 heterocycles. The standard InChI is InChI=1S/2C25H26BrN5O3.C21H24N4O2.CH4/c2*1-13-16-5-7-31(24(16)29-12-28-13)19-10-25(22(33)21(19)32)6-4-20(34-11-25)15-3-2-14-8-17(26)23(27)30-18(14)9-15;1-13-15-7-8-25(20(15)24-12-23-13)17-10-21(19(27)18(17)26)9-16(22-11-21)14-5-3-2-4-6-14;/h2*2-3,5,7-9,12,19-22,32-33H,4,6,10-11H2,1H3,(H2,27,30);2-8,12,16-19,22,26-27H,9-11H2,1H3;1H4/t19-,20+,21+,22+,25+;19-,20-,21+,22+,25+;16-,17+,18-,19-,21-;/m110./s1. The van der Waals surface area contributed by atoms with Crippen molar-refractivity contribution < 1.29 is 40.1 Å². The summed E-state index contributed by atoms with van der Waals surface area (Å²) < 4.78 is 20.2. The number of nitrogens with two attached hydrogens (primary N) is 2. The molecule has 96 heavy (non-hydrogen) atoms. The van der Waals surface area contributed by atoms with Crippen LogP contribution in [0.25, 0.3) is 54.9 Å². The molecular formula is C72H80Br2N14O8. The van der Waals surface area contributed by atoms with Crippen LogP contribution in [0.5, 0.6) is 0 Å². The molecular weight excluding hydrogens is 1350 g/mol. The highest BCUT2D eigenvalue weighted by Gasteiger charge is 2.58. The number of halogens is 2. The van der Waals surface area contributed by atoms with Crippen LogP contribution in [-0.4, -0.2) is 141 Å². The van der Waals surface area contributed by atoms with Gasteiger partial charge >= 0.3 is 0 Å². The van der Waals surface area contributed by atoms with Crippen molar-refractivity contribution in [2.75, 3.05) is 31.2 Å². The second-order valence-corrected chi connectivity index (χ2v) is 29.0. The number of aliphatic hydroxyl groups excluding tert-OH is 6. The van der Waals surface area contributed by atoms with Gasteiger partial charge in [-0.05, 0) is 163 Å². The summed E-state index contributed by atoms with van der Waals surface area (Å²) in [4.78, 5) is 35.0. The number of aromatic nitrogens is 11. The average Bonchev–Trinajstić information content (AvgIpc) is 1.66. The number of fused-ring (bicyclic) bond motifs is 5. The van der Waals surface area contributed by atoms with E-state index in [9.17, 15) is 30.6 Å². The Balaban J connectivity index is 0.000000124. The molecule has 3 aromatic carbocycles. The summed E-state index contributed by atoms with van der Waals surface area (Å²) in [6, 6.07) is 31.9. The SMILES string of the molecule is C.Cc1ncnc2c1ccn2[C@@H]1C[C@@]2(CN[C@H](c3ccccc3)C2)[C@@H](O)[C@H]1O.Cc1ncnc2c1ccn2[C@@H]1C[C@]2(CC[C@@H](c3ccc4cc(Br)c(N)nc4c3)OC2)[C@@H](O)[C@H]1O.Cc1ncnc2c1ccn2[C@@H]1C[C@]2(CC[C@H](c3ccc4cc(Br)c(N)nc4c3)OC2)[C@@H](O)[C@H]1O. The predicted octanol–water partition coefficient (Wildman–Crippen LogP) is 10.4. The first-order chi connectivity index (χ1) is 45.8. The molecule has 3 saturated carbocycles. The number of ether oxygens (including phenoxy) is 2. The molecule has 3 spiro atoms. The summed E-state index contributed by atoms with van der Waals surface area (Å²) in [5.41, 5.74) is 20.7. The molecule has 8 aromatic heterocycles. The van der Waals surface area contributed by atoms with E-state index in [1.807, 2.05) is 126 Å². The molecule has 0 bridgehead atoms. The number of nitrogen functional groups attached to an aromatic ring is 2. The number of rotatable bonds is 6. The maximum absolute atomic E-state index is 11.1. The van der Waals surface area contributed by atoms with Crippen molar-refractivity contribution in [3.8, 4) is 0 Å². The molecule has 6 aliphatic rings. The van der Waals surface area contributed by atoms with E-state index in [-0.39, 0.29) is 49.2 Å².